The Balaban J connectivity index is 1.58. The molecular formula is C19H28N2OS. The molecule has 126 valence electrons. The molecule has 1 aromatic rings. The van der Waals surface area contributed by atoms with Crippen LogP contribution in [0.5, 0.6) is 0 Å². The van der Waals surface area contributed by atoms with E-state index in [1.54, 1.807) is 0 Å². The molecule has 0 spiro atoms. The molecule has 3 nitrogen and oxygen atoms in total. The van der Waals surface area contributed by atoms with E-state index in [0.29, 0.717) is 12.1 Å². The van der Waals surface area contributed by atoms with Crippen molar-refractivity contribution in [1.82, 2.24) is 10.2 Å². The minimum atomic E-state index is 0.166. The minimum Gasteiger partial charge on any atom is -0.355 e. The van der Waals surface area contributed by atoms with Gasteiger partial charge < -0.3 is 5.32 Å². The predicted octanol–water partition coefficient (Wildman–Crippen LogP) is 3.47. The van der Waals surface area contributed by atoms with E-state index in [-0.39, 0.29) is 11.8 Å². The quantitative estimate of drug-likeness (QED) is 0.776. The lowest BCUT2D eigenvalue weighted by molar-refractivity contribution is -0.125. The van der Waals surface area contributed by atoms with Crippen LogP contribution in [0.4, 0.5) is 0 Å². The van der Waals surface area contributed by atoms with E-state index in [4.69, 9.17) is 0 Å². The highest BCUT2D eigenvalue weighted by Crippen LogP contribution is 2.44. The first-order valence-electron chi connectivity index (χ1n) is 8.97. The number of thioether (sulfide) groups is 1. The van der Waals surface area contributed by atoms with Gasteiger partial charge in [0.25, 0.3) is 0 Å². The van der Waals surface area contributed by atoms with Gasteiger partial charge in [-0.1, -0.05) is 37.3 Å². The van der Waals surface area contributed by atoms with Crippen LogP contribution in [0, 0.1) is 5.92 Å². The molecule has 0 aromatic heterocycles. The lowest BCUT2D eigenvalue weighted by Gasteiger charge is -2.24. The molecule has 2 saturated heterocycles. The van der Waals surface area contributed by atoms with Crippen LogP contribution < -0.4 is 5.32 Å². The summed E-state index contributed by atoms with van der Waals surface area (Å²) in [5.41, 5.74) is 1.37. The van der Waals surface area contributed by atoms with Gasteiger partial charge in [-0.25, -0.2) is 0 Å². The van der Waals surface area contributed by atoms with Crippen molar-refractivity contribution < 1.29 is 4.79 Å². The van der Waals surface area contributed by atoms with Gasteiger partial charge in [0.1, 0.15) is 0 Å². The third kappa shape index (κ3) is 3.92. The highest BCUT2D eigenvalue weighted by atomic mass is 32.2. The van der Waals surface area contributed by atoms with Crippen LogP contribution in [0.2, 0.25) is 0 Å². The zero-order valence-corrected chi connectivity index (χ0v) is 14.9. The van der Waals surface area contributed by atoms with Crippen LogP contribution in [0.3, 0.4) is 0 Å². The van der Waals surface area contributed by atoms with Crippen molar-refractivity contribution in [3.8, 4) is 0 Å². The molecule has 1 N–H and O–H groups in total. The fraction of sp³-hybridized carbons (Fsp3) is 0.632. The maximum absolute atomic E-state index is 12.7. The zero-order chi connectivity index (χ0) is 16.1. The molecule has 23 heavy (non-hydrogen) atoms. The van der Waals surface area contributed by atoms with Crippen LogP contribution in [-0.2, 0) is 4.79 Å². The number of hydrogen-bond acceptors (Lipinski definition) is 3. The Bertz CT molecular complexity index is 507. The van der Waals surface area contributed by atoms with Crippen molar-refractivity contribution in [3.63, 3.8) is 0 Å². The zero-order valence-electron chi connectivity index (χ0n) is 14.0. The van der Waals surface area contributed by atoms with E-state index in [1.807, 2.05) is 11.8 Å². The van der Waals surface area contributed by atoms with Crippen molar-refractivity contribution in [1.29, 1.82) is 0 Å². The van der Waals surface area contributed by atoms with Crippen LogP contribution in [0.1, 0.15) is 44.2 Å². The summed E-state index contributed by atoms with van der Waals surface area (Å²) in [6, 6.07) is 11.6. The summed E-state index contributed by atoms with van der Waals surface area (Å²) >= 11 is 1.93. The molecule has 0 aliphatic carbocycles. The van der Waals surface area contributed by atoms with E-state index < -0.39 is 0 Å². The maximum Gasteiger partial charge on any atom is 0.224 e. The number of nitrogens with zero attached hydrogens (tertiary/aromatic N) is 1. The molecule has 1 aromatic carbocycles. The molecule has 2 aliphatic rings. The number of amides is 1. The van der Waals surface area contributed by atoms with Gasteiger partial charge in [-0.05, 0) is 43.5 Å². The van der Waals surface area contributed by atoms with Gasteiger partial charge >= 0.3 is 0 Å². The summed E-state index contributed by atoms with van der Waals surface area (Å²) in [5.74, 6) is 2.66. The second-order valence-electron chi connectivity index (χ2n) is 6.62. The van der Waals surface area contributed by atoms with Crippen LogP contribution >= 0.6 is 11.8 Å². The number of carbonyl (C=O) groups excluding carboxylic acids is 1. The lowest BCUT2D eigenvalue weighted by Crippen LogP contribution is -2.38. The largest absolute Gasteiger partial charge is 0.355 e. The van der Waals surface area contributed by atoms with Crippen LogP contribution in [0.25, 0.3) is 0 Å². The smallest absolute Gasteiger partial charge is 0.224 e. The Labute approximate surface area is 144 Å². The summed E-state index contributed by atoms with van der Waals surface area (Å²) < 4.78 is 0. The Morgan fingerprint density at radius 2 is 2.13 bits per heavy atom. The van der Waals surface area contributed by atoms with Gasteiger partial charge in [0, 0.05) is 24.4 Å². The van der Waals surface area contributed by atoms with Crippen molar-refractivity contribution >= 4 is 17.7 Å². The average molecular weight is 333 g/mol. The minimum absolute atomic E-state index is 0.166. The highest BCUT2D eigenvalue weighted by Gasteiger charge is 2.46. The predicted molar refractivity (Wildman–Crippen MR) is 97.6 cm³/mol. The van der Waals surface area contributed by atoms with Crippen molar-refractivity contribution in [2.45, 2.75) is 44.7 Å². The SMILES string of the molecule is CCCSCCNC(=O)[C@H]1C[C@@H](c2ccccc2)N2CCC[C@H]12. The molecule has 2 aliphatic heterocycles. The average Bonchev–Trinajstić information content (AvgIpc) is 3.17. The number of benzene rings is 1. The van der Waals surface area contributed by atoms with E-state index in [9.17, 15) is 4.79 Å². The summed E-state index contributed by atoms with van der Waals surface area (Å²) in [6.45, 7) is 4.14. The maximum atomic E-state index is 12.7. The number of hydrogen-bond donors (Lipinski definition) is 1. The molecule has 0 unspecified atom stereocenters. The van der Waals surface area contributed by atoms with Crippen LogP contribution in [-0.4, -0.2) is 41.4 Å². The summed E-state index contributed by atoms with van der Waals surface area (Å²) in [5, 5.41) is 3.18. The van der Waals surface area contributed by atoms with Gasteiger partial charge in [0.05, 0.1) is 5.92 Å². The molecule has 4 heteroatoms. The molecule has 1 amide bonds. The first-order valence-corrected chi connectivity index (χ1v) is 10.1. The topological polar surface area (TPSA) is 32.3 Å². The molecule has 3 atom stereocenters. The van der Waals surface area contributed by atoms with Gasteiger partial charge in [-0.3, -0.25) is 9.69 Å². The fourth-order valence-electron chi connectivity index (χ4n) is 4.08. The Kier molecular flexibility index (Phi) is 6.01. The monoisotopic (exact) mass is 332 g/mol. The molecule has 0 radical (unpaired) electrons. The van der Waals surface area contributed by atoms with E-state index in [1.165, 1.54) is 30.6 Å². The Morgan fingerprint density at radius 3 is 2.91 bits per heavy atom. The Hall–Kier alpha value is -1.00. The third-order valence-corrected chi connectivity index (χ3v) is 6.29. The van der Waals surface area contributed by atoms with E-state index in [2.05, 4.69) is 47.5 Å². The van der Waals surface area contributed by atoms with Gasteiger partial charge in [-0.15, -0.1) is 0 Å². The number of fused-ring (bicyclic) bond motifs is 1. The standard InChI is InChI=1S/C19H28N2OS/c1-2-12-23-13-10-20-19(22)16-14-18(15-7-4-3-5-8-15)21-11-6-9-17(16)21/h3-5,7-8,16-18H,2,6,9-14H2,1H3,(H,20,22)/t16-,17+,18-/m0/s1. The van der Waals surface area contributed by atoms with Gasteiger partial charge in [0.2, 0.25) is 5.91 Å². The molecular weight excluding hydrogens is 304 g/mol. The summed E-state index contributed by atoms with van der Waals surface area (Å²) in [7, 11) is 0. The first kappa shape index (κ1) is 16.8. The third-order valence-electron chi connectivity index (χ3n) is 5.10. The normalized spacial score (nSPS) is 27.1. The summed E-state index contributed by atoms with van der Waals surface area (Å²) in [6.07, 6.45) is 4.58. The second kappa shape index (κ2) is 8.20. The number of nitrogens with one attached hydrogen (secondary N) is 1. The van der Waals surface area contributed by atoms with Gasteiger partial charge in [-0.2, -0.15) is 11.8 Å². The molecule has 3 rings (SSSR count). The van der Waals surface area contributed by atoms with Crippen molar-refractivity contribution in [2.24, 2.45) is 5.92 Å². The lowest BCUT2D eigenvalue weighted by atomic mass is 9.93. The number of rotatable bonds is 7. The molecule has 0 saturated carbocycles. The molecule has 2 heterocycles. The summed E-state index contributed by atoms with van der Waals surface area (Å²) in [4.78, 5) is 15.2. The number of carbonyl (C=O) groups is 1. The van der Waals surface area contributed by atoms with Crippen LogP contribution in [0.15, 0.2) is 30.3 Å². The fourth-order valence-corrected chi connectivity index (χ4v) is 4.81. The molecule has 0 bridgehead atoms. The van der Waals surface area contributed by atoms with Crippen molar-refractivity contribution in [2.75, 3.05) is 24.6 Å². The second-order valence-corrected chi connectivity index (χ2v) is 7.84. The van der Waals surface area contributed by atoms with Gasteiger partial charge in [0.15, 0.2) is 0 Å². The van der Waals surface area contributed by atoms with E-state index >= 15 is 0 Å². The van der Waals surface area contributed by atoms with E-state index in [0.717, 1.165) is 25.3 Å². The Morgan fingerprint density at radius 1 is 1.30 bits per heavy atom. The molecule has 2 fully saturated rings. The highest BCUT2D eigenvalue weighted by molar-refractivity contribution is 7.99. The first-order chi connectivity index (χ1) is 11.3. The van der Waals surface area contributed by atoms with Crippen molar-refractivity contribution in [3.05, 3.63) is 35.9 Å².